The van der Waals surface area contributed by atoms with Gasteiger partial charge in [0.05, 0.1) is 11.6 Å². The Morgan fingerprint density at radius 3 is 2.79 bits per heavy atom. The molecule has 1 aromatic heterocycles. The van der Waals surface area contributed by atoms with Crippen LogP contribution >= 0.6 is 0 Å². The first-order chi connectivity index (χ1) is 9.22. The molecule has 1 unspecified atom stereocenters. The van der Waals surface area contributed by atoms with Crippen LogP contribution in [0.5, 0.6) is 0 Å². The largest absolute Gasteiger partial charge is 0.374 e. The first kappa shape index (κ1) is 14.5. The number of hydrogen-bond donors (Lipinski definition) is 2. The molecule has 0 spiro atoms. The maximum Gasteiger partial charge on any atom is 0.0848 e. The summed E-state index contributed by atoms with van der Waals surface area (Å²) in [4.78, 5) is 0. The summed E-state index contributed by atoms with van der Waals surface area (Å²) in [7, 11) is 1.98. The SMILES string of the molecule is CCOC1(C(CCc2ccnn2C)NN)CCCC1. The summed E-state index contributed by atoms with van der Waals surface area (Å²) in [5.74, 6) is 5.79. The number of nitrogens with one attached hydrogen (secondary N) is 1. The molecular formula is C14H26N4O. The van der Waals surface area contributed by atoms with Crippen LogP contribution < -0.4 is 11.3 Å². The van der Waals surface area contributed by atoms with Crippen LogP contribution in [-0.4, -0.2) is 28.0 Å². The number of rotatable bonds is 7. The van der Waals surface area contributed by atoms with Crippen molar-refractivity contribution in [3.63, 3.8) is 0 Å². The quantitative estimate of drug-likeness (QED) is 0.580. The van der Waals surface area contributed by atoms with Gasteiger partial charge in [0.2, 0.25) is 0 Å². The molecule has 1 fully saturated rings. The lowest BCUT2D eigenvalue weighted by Gasteiger charge is -2.37. The molecule has 1 atom stereocenters. The second-order valence-electron chi connectivity index (χ2n) is 5.41. The lowest BCUT2D eigenvalue weighted by atomic mass is 9.88. The Balaban J connectivity index is 2.00. The summed E-state index contributed by atoms with van der Waals surface area (Å²) >= 11 is 0. The Labute approximate surface area is 115 Å². The molecule has 1 heterocycles. The van der Waals surface area contributed by atoms with Gasteiger partial charge in [0.1, 0.15) is 0 Å². The zero-order chi connectivity index (χ0) is 13.7. The second-order valence-corrected chi connectivity index (χ2v) is 5.41. The van der Waals surface area contributed by atoms with Crippen LogP contribution in [-0.2, 0) is 18.2 Å². The predicted molar refractivity (Wildman–Crippen MR) is 75.5 cm³/mol. The van der Waals surface area contributed by atoms with E-state index < -0.39 is 0 Å². The van der Waals surface area contributed by atoms with Gasteiger partial charge in [0, 0.05) is 25.5 Å². The zero-order valence-electron chi connectivity index (χ0n) is 12.1. The van der Waals surface area contributed by atoms with E-state index in [9.17, 15) is 0 Å². The number of hydrogen-bond acceptors (Lipinski definition) is 4. The molecule has 5 heteroatoms. The molecule has 0 saturated heterocycles. The minimum atomic E-state index is -0.0674. The van der Waals surface area contributed by atoms with Crippen LogP contribution in [0.4, 0.5) is 0 Å². The molecule has 1 aromatic rings. The Hall–Kier alpha value is -0.910. The van der Waals surface area contributed by atoms with E-state index in [1.807, 2.05) is 17.9 Å². The van der Waals surface area contributed by atoms with Gasteiger partial charge in [-0.15, -0.1) is 0 Å². The lowest BCUT2D eigenvalue weighted by Crippen LogP contribution is -2.53. The van der Waals surface area contributed by atoms with E-state index in [1.54, 1.807) is 0 Å². The number of hydrazine groups is 1. The predicted octanol–water partition coefficient (Wildman–Crippen LogP) is 1.53. The van der Waals surface area contributed by atoms with Gasteiger partial charge in [-0.2, -0.15) is 5.10 Å². The van der Waals surface area contributed by atoms with Crippen LogP contribution in [0.25, 0.3) is 0 Å². The smallest absolute Gasteiger partial charge is 0.0848 e. The molecule has 108 valence electrons. The van der Waals surface area contributed by atoms with Gasteiger partial charge >= 0.3 is 0 Å². The van der Waals surface area contributed by atoms with Crippen LogP contribution in [0.2, 0.25) is 0 Å². The summed E-state index contributed by atoms with van der Waals surface area (Å²) in [5.41, 5.74) is 4.17. The highest BCUT2D eigenvalue weighted by Gasteiger charge is 2.41. The maximum atomic E-state index is 6.08. The molecule has 0 radical (unpaired) electrons. The number of aryl methyl sites for hydroxylation is 2. The van der Waals surface area contributed by atoms with Crippen LogP contribution in [0, 0.1) is 0 Å². The highest BCUT2D eigenvalue weighted by molar-refractivity contribution is 5.03. The molecule has 1 saturated carbocycles. The molecule has 5 nitrogen and oxygen atoms in total. The van der Waals surface area contributed by atoms with Crippen molar-refractivity contribution >= 4 is 0 Å². The van der Waals surface area contributed by atoms with E-state index in [-0.39, 0.29) is 11.6 Å². The third-order valence-corrected chi connectivity index (χ3v) is 4.33. The Morgan fingerprint density at radius 1 is 1.53 bits per heavy atom. The highest BCUT2D eigenvalue weighted by atomic mass is 16.5. The van der Waals surface area contributed by atoms with Gasteiger partial charge in [0.25, 0.3) is 0 Å². The van der Waals surface area contributed by atoms with Crippen molar-refractivity contribution in [1.29, 1.82) is 0 Å². The number of ether oxygens (including phenoxy) is 1. The monoisotopic (exact) mass is 266 g/mol. The Bertz CT molecular complexity index is 385. The third kappa shape index (κ3) is 3.16. The van der Waals surface area contributed by atoms with E-state index in [1.165, 1.54) is 18.5 Å². The molecule has 0 aliphatic heterocycles. The van der Waals surface area contributed by atoms with Crippen molar-refractivity contribution in [2.75, 3.05) is 6.61 Å². The van der Waals surface area contributed by atoms with Crippen molar-refractivity contribution in [3.05, 3.63) is 18.0 Å². The van der Waals surface area contributed by atoms with Crippen molar-refractivity contribution in [1.82, 2.24) is 15.2 Å². The molecule has 3 N–H and O–H groups in total. The molecule has 19 heavy (non-hydrogen) atoms. The fourth-order valence-corrected chi connectivity index (χ4v) is 3.29. The Kier molecular flexibility index (Phi) is 4.96. The lowest BCUT2D eigenvalue weighted by molar-refractivity contribution is -0.0632. The van der Waals surface area contributed by atoms with Crippen molar-refractivity contribution in [2.45, 2.75) is 57.1 Å². The highest BCUT2D eigenvalue weighted by Crippen LogP contribution is 2.37. The maximum absolute atomic E-state index is 6.08. The Morgan fingerprint density at radius 2 is 2.26 bits per heavy atom. The van der Waals surface area contributed by atoms with Crippen LogP contribution in [0.15, 0.2) is 12.3 Å². The second kappa shape index (κ2) is 6.50. The molecule has 1 aliphatic carbocycles. The molecule has 0 amide bonds. The third-order valence-electron chi connectivity index (χ3n) is 4.33. The molecular weight excluding hydrogens is 240 g/mol. The van der Waals surface area contributed by atoms with E-state index >= 15 is 0 Å². The summed E-state index contributed by atoms with van der Waals surface area (Å²) in [6.45, 7) is 2.82. The van der Waals surface area contributed by atoms with Crippen molar-refractivity contribution < 1.29 is 4.74 Å². The standard InChI is InChI=1S/C14H26N4O/c1-3-19-14(9-4-5-10-14)13(17-15)7-6-12-8-11-16-18(12)2/h8,11,13,17H,3-7,9-10,15H2,1-2H3. The summed E-state index contributed by atoms with van der Waals surface area (Å²) in [6, 6.07) is 2.28. The fraction of sp³-hybridized carbons (Fsp3) is 0.786. The molecule has 2 rings (SSSR count). The molecule has 1 aliphatic rings. The summed E-state index contributed by atoms with van der Waals surface area (Å²) < 4.78 is 8.00. The fourth-order valence-electron chi connectivity index (χ4n) is 3.29. The normalized spacial score (nSPS) is 19.7. The van der Waals surface area contributed by atoms with E-state index in [2.05, 4.69) is 23.5 Å². The number of nitrogens with two attached hydrogens (primary N) is 1. The van der Waals surface area contributed by atoms with Gasteiger partial charge in [-0.25, -0.2) is 0 Å². The van der Waals surface area contributed by atoms with Crippen LogP contribution in [0.3, 0.4) is 0 Å². The van der Waals surface area contributed by atoms with Gasteiger partial charge in [-0.3, -0.25) is 16.0 Å². The number of nitrogens with zero attached hydrogens (tertiary/aromatic N) is 2. The summed E-state index contributed by atoms with van der Waals surface area (Å²) in [6.07, 6.45) is 8.50. The van der Waals surface area contributed by atoms with Crippen molar-refractivity contribution in [2.24, 2.45) is 12.9 Å². The average Bonchev–Trinajstić information content (AvgIpc) is 3.01. The van der Waals surface area contributed by atoms with Gasteiger partial charge in [-0.05, 0) is 38.7 Å². The van der Waals surface area contributed by atoms with Gasteiger partial charge in [0.15, 0.2) is 0 Å². The van der Waals surface area contributed by atoms with E-state index in [4.69, 9.17) is 10.6 Å². The molecule has 0 aromatic carbocycles. The van der Waals surface area contributed by atoms with Gasteiger partial charge in [-0.1, -0.05) is 12.8 Å². The average molecular weight is 266 g/mol. The molecule has 0 bridgehead atoms. The minimum absolute atomic E-state index is 0.0674. The first-order valence-corrected chi connectivity index (χ1v) is 7.29. The van der Waals surface area contributed by atoms with Crippen molar-refractivity contribution in [3.8, 4) is 0 Å². The number of aromatic nitrogens is 2. The van der Waals surface area contributed by atoms with E-state index in [0.29, 0.717) is 0 Å². The van der Waals surface area contributed by atoms with Gasteiger partial charge < -0.3 is 4.74 Å². The summed E-state index contributed by atoms with van der Waals surface area (Å²) in [5, 5.41) is 4.21. The first-order valence-electron chi connectivity index (χ1n) is 7.29. The van der Waals surface area contributed by atoms with E-state index in [0.717, 1.165) is 32.3 Å². The topological polar surface area (TPSA) is 65.1 Å². The minimum Gasteiger partial charge on any atom is -0.374 e. The zero-order valence-corrected chi connectivity index (χ0v) is 12.1. The van der Waals surface area contributed by atoms with Crippen LogP contribution in [0.1, 0.15) is 44.7 Å².